The monoisotopic (exact) mass is 389 g/mol. The number of furan rings is 1. The normalized spacial score (nSPS) is 15.8. The molecule has 1 aliphatic rings. The molecular formula is C18H19N3O5S. The van der Waals surface area contributed by atoms with Gasteiger partial charge >= 0.3 is 0 Å². The molecule has 3 heterocycles. The second kappa shape index (κ2) is 7.09. The lowest BCUT2D eigenvalue weighted by Gasteiger charge is -2.35. The molecule has 0 unspecified atom stereocenters. The van der Waals surface area contributed by atoms with Crippen LogP contribution in [0.1, 0.15) is 0 Å². The van der Waals surface area contributed by atoms with Crippen LogP contribution in [0.25, 0.3) is 11.5 Å². The van der Waals surface area contributed by atoms with Crippen LogP contribution in [-0.2, 0) is 10.0 Å². The van der Waals surface area contributed by atoms with Crippen molar-refractivity contribution in [2.75, 3.05) is 38.2 Å². The van der Waals surface area contributed by atoms with E-state index < -0.39 is 10.0 Å². The molecule has 1 aromatic carbocycles. The van der Waals surface area contributed by atoms with E-state index in [9.17, 15) is 8.42 Å². The number of rotatable bonds is 5. The SMILES string of the molecule is COc1cccc(N2CCN(S(=O)(=O)c3ccc(-c4ccno4)o3)CC2)c1. The van der Waals surface area contributed by atoms with Gasteiger partial charge in [-0.05, 0) is 24.3 Å². The van der Waals surface area contributed by atoms with Crippen molar-refractivity contribution in [1.29, 1.82) is 0 Å². The minimum Gasteiger partial charge on any atom is -0.497 e. The van der Waals surface area contributed by atoms with Gasteiger partial charge in [-0.3, -0.25) is 0 Å². The Kier molecular flexibility index (Phi) is 4.63. The first-order chi connectivity index (χ1) is 13.1. The van der Waals surface area contributed by atoms with Gasteiger partial charge in [-0.2, -0.15) is 4.31 Å². The third-order valence-electron chi connectivity index (χ3n) is 4.51. The summed E-state index contributed by atoms with van der Waals surface area (Å²) in [5.41, 5.74) is 1.01. The summed E-state index contributed by atoms with van der Waals surface area (Å²) >= 11 is 0. The van der Waals surface area contributed by atoms with Crippen LogP contribution in [0.3, 0.4) is 0 Å². The van der Waals surface area contributed by atoms with E-state index in [-0.39, 0.29) is 5.09 Å². The molecule has 0 spiro atoms. The highest BCUT2D eigenvalue weighted by Gasteiger charge is 2.31. The summed E-state index contributed by atoms with van der Waals surface area (Å²) in [6, 6.07) is 12.4. The van der Waals surface area contributed by atoms with E-state index >= 15 is 0 Å². The van der Waals surface area contributed by atoms with Crippen LogP contribution >= 0.6 is 0 Å². The van der Waals surface area contributed by atoms with Crippen LogP contribution < -0.4 is 9.64 Å². The Bertz CT molecular complexity index is 1010. The Morgan fingerprint density at radius 2 is 1.85 bits per heavy atom. The zero-order chi connectivity index (χ0) is 18.9. The zero-order valence-electron chi connectivity index (χ0n) is 14.7. The first-order valence-corrected chi connectivity index (χ1v) is 9.92. The van der Waals surface area contributed by atoms with E-state index in [0.29, 0.717) is 37.7 Å². The first-order valence-electron chi connectivity index (χ1n) is 8.48. The highest BCUT2D eigenvalue weighted by Crippen LogP contribution is 2.28. The molecule has 0 bridgehead atoms. The standard InChI is InChI=1S/C18H19N3O5S/c1-24-15-4-2-3-14(13-15)20-9-11-21(12-10-20)27(22,23)18-6-5-16(25-18)17-7-8-19-26-17/h2-8,13H,9-12H2,1H3. The molecule has 3 aromatic rings. The second-order valence-corrected chi connectivity index (χ2v) is 7.96. The fourth-order valence-corrected chi connectivity index (χ4v) is 4.39. The molecular weight excluding hydrogens is 370 g/mol. The number of hydrogen-bond acceptors (Lipinski definition) is 7. The molecule has 1 saturated heterocycles. The van der Waals surface area contributed by atoms with Crippen LogP contribution in [0.5, 0.6) is 5.75 Å². The van der Waals surface area contributed by atoms with Gasteiger partial charge < -0.3 is 18.6 Å². The van der Waals surface area contributed by atoms with Gasteiger partial charge in [0.15, 0.2) is 5.76 Å². The van der Waals surface area contributed by atoms with Crippen molar-refractivity contribution in [3.05, 3.63) is 48.7 Å². The lowest BCUT2D eigenvalue weighted by atomic mass is 10.2. The van der Waals surface area contributed by atoms with Gasteiger partial charge in [-0.15, -0.1) is 0 Å². The third-order valence-corrected chi connectivity index (χ3v) is 6.29. The fraction of sp³-hybridized carbons (Fsp3) is 0.278. The van der Waals surface area contributed by atoms with Crippen LogP contribution in [0, 0.1) is 0 Å². The molecule has 1 fully saturated rings. The minimum atomic E-state index is -3.70. The van der Waals surface area contributed by atoms with E-state index in [1.807, 2.05) is 24.3 Å². The Balaban J connectivity index is 1.47. The molecule has 0 amide bonds. The van der Waals surface area contributed by atoms with Gasteiger partial charge in [-0.1, -0.05) is 11.2 Å². The van der Waals surface area contributed by atoms with Gasteiger partial charge in [0.1, 0.15) is 5.75 Å². The molecule has 0 N–H and O–H groups in total. The van der Waals surface area contributed by atoms with Crippen molar-refractivity contribution in [2.45, 2.75) is 5.09 Å². The van der Waals surface area contributed by atoms with Crippen LogP contribution in [-0.4, -0.2) is 51.2 Å². The second-order valence-electron chi connectivity index (χ2n) is 6.09. The van der Waals surface area contributed by atoms with Gasteiger partial charge in [0.2, 0.25) is 10.9 Å². The summed E-state index contributed by atoms with van der Waals surface area (Å²) < 4.78 is 42.9. The van der Waals surface area contributed by atoms with Crippen molar-refractivity contribution in [3.63, 3.8) is 0 Å². The number of nitrogens with zero attached hydrogens (tertiary/aromatic N) is 3. The van der Waals surface area contributed by atoms with Crippen molar-refractivity contribution in [2.24, 2.45) is 0 Å². The molecule has 0 radical (unpaired) electrons. The van der Waals surface area contributed by atoms with E-state index in [1.165, 1.54) is 16.6 Å². The molecule has 0 saturated carbocycles. The Morgan fingerprint density at radius 3 is 2.56 bits per heavy atom. The van der Waals surface area contributed by atoms with Crippen LogP contribution in [0.2, 0.25) is 0 Å². The molecule has 0 atom stereocenters. The van der Waals surface area contributed by atoms with Crippen molar-refractivity contribution in [3.8, 4) is 17.3 Å². The topological polar surface area (TPSA) is 89.0 Å². The molecule has 8 nitrogen and oxygen atoms in total. The average Bonchev–Trinajstić information content (AvgIpc) is 3.40. The summed E-state index contributed by atoms with van der Waals surface area (Å²) in [7, 11) is -2.07. The highest BCUT2D eigenvalue weighted by atomic mass is 32.2. The number of sulfonamides is 1. The van der Waals surface area contributed by atoms with Crippen molar-refractivity contribution < 1.29 is 22.1 Å². The van der Waals surface area contributed by atoms with Gasteiger partial charge in [0, 0.05) is 44.0 Å². The maximum absolute atomic E-state index is 12.9. The summed E-state index contributed by atoms with van der Waals surface area (Å²) in [5.74, 6) is 1.50. The zero-order valence-corrected chi connectivity index (χ0v) is 15.6. The van der Waals surface area contributed by atoms with Gasteiger partial charge in [0.25, 0.3) is 10.0 Å². The van der Waals surface area contributed by atoms with Crippen LogP contribution in [0.4, 0.5) is 5.69 Å². The van der Waals surface area contributed by atoms with Crippen LogP contribution in [0.15, 0.2) is 62.7 Å². The third kappa shape index (κ3) is 3.43. The van der Waals surface area contributed by atoms with Crippen molar-refractivity contribution in [1.82, 2.24) is 9.46 Å². The maximum atomic E-state index is 12.9. The number of benzene rings is 1. The molecule has 27 heavy (non-hydrogen) atoms. The van der Waals surface area contributed by atoms with E-state index in [2.05, 4.69) is 10.1 Å². The molecule has 142 valence electrons. The summed E-state index contributed by atoms with van der Waals surface area (Å²) in [5, 5.41) is 3.51. The smallest absolute Gasteiger partial charge is 0.276 e. The number of methoxy groups -OCH3 is 1. The summed E-state index contributed by atoms with van der Waals surface area (Å²) in [6.07, 6.45) is 1.48. The predicted molar refractivity (Wildman–Crippen MR) is 98.2 cm³/mol. The minimum absolute atomic E-state index is 0.0938. The number of hydrogen-bond donors (Lipinski definition) is 0. The fourth-order valence-electron chi connectivity index (χ4n) is 3.06. The number of ether oxygens (including phenoxy) is 1. The average molecular weight is 389 g/mol. The molecule has 4 rings (SSSR count). The Morgan fingerprint density at radius 1 is 1.04 bits per heavy atom. The Labute approximate surface area is 157 Å². The number of aromatic nitrogens is 1. The predicted octanol–water partition coefficient (Wildman–Crippen LogP) is 2.45. The molecule has 0 aliphatic carbocycles. The number of piperazine rings is 1. The van der Waals surface area contributed by atoms with E-state index in [4.69, 9.17) is 13.7 Å². The van der Waals surface area contributed by atoms with E-state index in [1.54, 1.807) is 19.2 Å². The van der Waals surface area contributed by atoms with Gasteiger partial charge in [-0.25, -0.2) is 8.42 Å². The van der Waals surface area contributed by atoms with Gasteiger partial charge in [0.05, 0.1) is 13.3 Å². The lowest BCUT2D eigenvalue weighted by molar-refractivity contribution is 0.358. The number of anilines is 1. The quantitative estimate of drug-likeness (QED) is 0.662. The lowest BCUT2D eigenvalue weighted by Crippen LogP contribution is -2.48. The first kappa shape index (κ1) is 17.6. The maximum Gasteiger partial charge on any atom is 0.276 e. The molecule has 2 aromatic heterocycles. The molecule has 1 aliphatic heterocycles. The Hall–Kier alpha value is -2.78. The highest BCUT2D eigenvalue weighted by molar-refractivity contribution is 7.89. The summed E-state index contributed by atoms with van der Waals surface area (Å²) in [6.45, 7) is 1.92. The van der Waals surface area contributed by atoms with E-state index in [0.717, 1.165) is 11.4 Å². The summed E-state index contributed by atoms with van der Waals surface area (Å²) in [4.78, 5) is 2.14. The van der Waals surface area contributed by atoms with Crippen molar-refractivity contribution >= 4 is 15.7 Å². The largest absolute Gasteiger partial charge is 0.497 e. The molecule has 9 heteroatoms.